The van der Waals surface area contributed by atoms with E-state index in [0.29, 0.717) is 12.1 Å². The molecule has 0 saturated carbocycles. The second-order valence-corrected chi connectivity index (χ2v) is 3.73. The number of nitrogens with one attached hydrogen (secondary N) is 1. The van der Waals surface area contributed by atoms with Crippen molar-refractivity contribution in [2.24, 2.45) is 0 Å². The Morgan fingerprint density at radius 2 is 2.06 bits per heavy atom. The van der Waals surface area contributed by atoms with Crippen LogP contribution in [0.3, 0.4) is 0 Å². The highest BCUT2D eigenvalue weighted by atomic mass is 16.1. The van der Waals surface area contributed by atoms with E-state index in [4.69, 9.17) is 0 Å². The lowest BCUT2D eigenvalue weighted by Gasteiger charge is -2.06. The van der Waals surface area contributed by atoms with Crippen LogP contribution in [0.15, 0.2) is 43.0 Å². The zero-order chi connectivity index (χ0) is 12.1. The van der Waals surface area contributed by atoms with Crippen molar-refractivity contribution in [1.82, 2.24) is 15.3 Å². The number of carbonyl (C=O) groups is 1. The molecule has 17 heavy (non-hydrogen) atoms. The van der Waals surface area contributed by atoms with Gasteiger partial charge in [0, 0.05) is 31.3 Å². The Bertz CT molecular complexity index is 511. The van der Waals surface area contributed by atoms with Crippen molar-refractivity contribution in [1.29, 1.82) is 0 Å². The summed E-state index contributed by atoms with van der Waals surface area (Å²) in [5, 5.41) is 2.84. The molecule has 2 aromatic rings. The first-order valence-corrected chi connectivity index (χ1v) is 5.35. The van der Waals surface area contributed by atoms with Crippen LogP contribution in [0.4, 0.5) is 0 Å². The average Bonchev–Trinajstić information content (AvgIpc) is 2.38. The highest BCUT2D eigenvalue weighted by Gasteiger charge is 2.07. The molecule has 2 aromatic heterocycles. The molecule has 0 saturated heterocycles. The zero-order valence-electron chi connectivity index (χ0n) is 9.55. The SMILES string of the molecule is Cc1ccncc1C(=O)NCc1cccnc1. The summed E-state index contributed by atoms with van der Waals surface area (Å²) < 4.78 is 0. The maximum atomic E-state index is 11.9. The number of pyridine rings is 2. The van der Waals surface area contributed by atoms with Crippen molar-refractivity contribution in [3.8, 4) is 0 Å². The van der Waals surface area contributed by atoms with Crippen molar-refractivity contribution in [3.63, 3.8) is 0 Å². The van der Waals surface area contributed by atoms with Crippen molar-refractivity contribution in [2.75, 3.05) is 0 Å². The van der Waals surface area contributed by atoms with Gasteiger partial charge in [-0.2, -0.15) is 0 Å². The molecule has 2 heterocycles. The van der Waals surface area contributed by atoms with Crippen molar-refractivity contribution < 1.29 is 4.79 Å². The molecule has 0 aromatic carbocycles. The van der Waals surface area contributed by atoms with Crippen molar-refractivity contribution >= 4 is 5.91 Å². The summed E-state index contributed by atoms with van der Waals surface area (Å²) >= 11 is 0. The third kappa shape index (κ3) is 2.87. The van der Waals surface area contributed by atoms with Crippen LogP contribution in [0.25, 0.3) is 0 Å². The topological polar surface area (TPSA) is 54.9 Å². The molecular formula is C13H13N3O. The van der Waals surface area contributed by atoms with Crippen LogP contribution < -0.4 is 5.32 Å². The fraction of sp³-hybridized carbons (Fsp3) is 0.154. The van der Waals surface area contributed by atoms with Crippen LogP contribution >= 0.6 is 0 Å². The van der Waals surface area contributed by atoms with E-state index < -0.39 is 0 Å². The average molecular weight is 227 g/mol. The molecule has 1 N–H and O–H groups in total. The number of hydrogen-bond acceptors (Lipinski definition) is 3. The van der Waals surface area contributed by atoms with E-state index in [1.807, 2.05) is 25.1 Å². The van der Waals surface area contributed by atoms with Gasteiger partial charge in [0.25, 0.3) is 5.91 Å². The van der Waals surface area contributed by atoms with Crippen LogP contribution in [-0.2, 0) is 6.54 Å². The number of amides is 1. The maximum absolute atomic E-state index is 11.9. The predicted octanol–water partition coefficient (Wildman–Crippen LogP) is 1.72. The van der Waals surface area contributed by atoms with E-state index in [9.17, 15) is 4.79 Å². The summed E-state index contributed by atoms with van der Waals surface area (Å²) in [6.07, 6.45) is 6.69. The standard InChI is InChI=1S/C13H13N3O/c1-10-4-6-15-9-12(10)13(17)16-8-11-3-2-5-14-7-11/h2-7,9H,8H2,1H3,(H,16,17). The van der Waals surface area contributed by atoms with Gasteiger partial charge < -0.3 is 5.32 Å². The van der Waals surface area contributed by atoms with Gasteiger partial charge >= 0.3 is 0 Å². The van der Waals surface area contributed by atoms with Crippen molar-refractivity contribution in [2.45, 2.75) is 13.5 Å². The molecule has 4 heteroatoms. The minimum atomic E-state index is -0.112. The Hall–Kier alpha value is -2.23. The van der Waals surface area contributed by atoms with Gasteiger partial charge in [-0.15, -0.1) is 0 Å². The Labute approximate surface area is 99.7 Å². The fourth-order valence-corrected chi connectivity index (χ4v) is 1.48. The van der Waals surface area contributed by atoms with Crippen molar-refractivity contribution in [3.05, 3.63) is 59.7 Å². The third-order valence-electron chi connectivity index (χ3n) is 2.46. The normalized spacial score (nSPS) is 9.94. The molecule has 0 aliphatic carbocycles. The molecule has 86 valence electrons. The molecule has 0 fully saturated rings. The van der Waals surface area contributed by atoms with Crippen LogP contribution in [-0.4, -0.2) is 15.9 Å². The highest BCUT2D eigenvalue weighted by molar-refractivity contribution is 5.95. The smallest absolute Gasteiger partial charge is 0.253 e. The minimum Gasteiger partial charge on any atom is -0.348 e. The molecule has 0 aliphatic rings. The van der Waals surface area contributed by atoms with Gasteiger partial charge in [-0.25, -0.2) is 0 Å². The monoisotopic (exact) mass is 227 g/mol. The van der Waals surface area contributed by atoms with E-state index in [1.54, 1.807) is 24.8 Å². The Kier molecular flexibility index (Phi) is 3.45. The first kappa shape index (κ1) is 11.3. The molecule has 2 rings (SSSR count). The summed E-state index contributed by atoms with van der Waals surface area (Å²) in [6, 6.07) is 5.58. The summed E-state index contributed by atoms with van der Waals surface area (Å²) in [7, 11) is 0. The quantitative estimate of drug-likeness (QED) is 0.868. The van der Waals surface area contributed by atoms with Crippen LogP contribution in [0.5, 0.6) is 0 Å². The summed E-state index contributed by atoms with van der Waals surface area (Å²) in [5.74, 6) is -0.112. The molecule has 0 bridgehead atoms. The lowest BCUT2D eigenvalue weighted by Crippen LogP contribution is -2.23. The van der Waals surface area contributed by atoms with Crippen LogP contribution in [0, 0.1) is 6.92 Å². The van der Waals surface area contributed by atoms with Gasteiger partial charge in [-0.05, 0) is 30.2 Å². The zero-order valence-corrected chi connectivity index (χ0v) is 9.55. The second-order valence-electron chi connectivity index (χ2n) is 3.73. The molecule has 0 unspecified atom stereocenters. The number of aromatic nitrogens is 2. The molecule has 0 spiro atoms. The maximum Gasteiger partial charge on any atom is 0.253 e. The molecule has 0 atom stereocenters. The van der Waals surface area contributed by atoms with E-state index in [0.717, 1.165) is 11.1 Å². The highest BCUT2D eigenvalue weighted by Crippen LogP contribution is 2.05. The number of hydrogen-bond donors (Lipinski definition) is 1. The number of carbonyl (C=O) groups excluding carboxylic acids is 1. The number of aryl methyl sites for hydroxylation is 1. The molecular weight excluding hydrogens is 214 g/mol. The van der Waals surface area contributed by atoms with E-state index >= 15 is 0 Å². The number of rotatable bonds is 3. The Balaban J connectivity index is 2.01. The summed E-state index contributed by atoms with van der Waals surface area (Å²) in [4.78, 5) is 19.8. The molecule has 4 nitrogen and oxygen atoms in total. The van der Waals surface area contributed by atoms with Gasteiger partial charge in [-0.3, -0.25) is 14.8 Å². The van der Waals surface area contributed by atoms with Gasteiger partial charge in [-0.1, -0.05) is 6.07 Å². The predicted molar refractivity (Wildman–Crippen MR) is 64.4 cm³/mol. The fourth-order valence-electron chi connectivity index (χ4n) is 1.48. The molecule has 0 radical (unpaired) electrons. The number of nitrogens with zero attached hydrogens (tertiary/aromatic N) is 2. The van der Waals surface area contributed by atoms with Gasteiger partial charge in [0.1, 0.15) is 0 Å². The molecule has 1 amide bonds. The summed E-state index contributed by atoms with van der Waals surface area (Å²) in [5.41, 5.74) is 2.50. The lowest BCUT2D eigenvalue weighted by atomic mass is 10.1. The lowest BCUT2D eigenvalue weighted by molar-refractivity contribution is 0.0950. The van der Waals surface area contributed by atoms with Gasteiger partial charge in [0.05, 0.1) is 5.56 Å². The molecule has 0 aliphatic heterocycles. The minimum absolute atomic E-state index is 0.112. The summed E-state index contributed by atoms with van der Waals surface area (Å²) in [6.45, 7) is 2.36. The van der Waals surface area contributed by atoms with Gasteiger partial charge in [0.2, 0.25) is 0 Å². The largest absolute Gasteiger partial charge is 0.348 e. The second kappa shape index (κ2) is 5.21. The van der Waals surface area contributed by atoms with Crippen LogP contribution in [0.1, 0.15) is 21.5 Å². The first-order chi connectivity index (χ1) is 8.27. The third-order valence-corrected chi connectivity index (χ3v) is 2.46. The Morgan fingerprint density at radius 3 is 2.76 bits per heavy atom. The first-order valence-electron chi connectivity index (χ1n) is 5.35. The van der Waals surface area contributed by atoms with Crippen LogP contribution in [0.2, 0.25) is 0 Å². The van der Waals surface area contributed by atoms with E-state index in [2.05, 4.69) is 15.3 Å². The van der Waals surface area contributed by atoms with Gasteiger partial charge in [0.15, 0.2) is 0 Å². The Morgan fingerprint density at radius 1 is 1.24 bits per heavy atom. The van der Waals surface area contributed by atoms with E-state index in [-0.39, 0.29) is 5.91 Å². The van der Waals surface area contributed by atoms with E-state index in [1.165, 1.54) is 0 Å².